The summed E-state index contributed by atoms with van der Waals surface area (Å²) in [4.78, 5) is 0. The topological polar surface area (TPSA) is 66.0 Å². The Balaban J connectivity index is 1.89. The van der Waals surface area contributed by atoms with E-state index in [1.807, 2.05) is 55.9 Å². The Kier molecular flexibility index (Phi) is 5.56. The summed E-state index contributed by atoms with van der Waals surface area (Å²) in [6.07, 6.45) is 10.3. The predicted octanol–water partition coefficient (Wildman–Crippen LogP) is 4.44. The van der Waals surface area contributed by atoms with Gasteiger partial charge in [0, 0.05) is 25.6 Å². The van der Waals surface area contributed by atoms with Crippen molar-refractivity contribution in [2.45, 2.75) is 33.8 Å². The van der Waals surface area contributed by atoms with E-state index in [0.29, 0.717) is 17.5 Å². The highest BCUT2D eigenvalue weighted by Gasteiger charge is 2.24. The van der Waals surface area contributed by atoms with Crippen LogP contribution in [0.2, 0.25) is 0 Å². The van der Waals surface area contributed by atoms with Crippen LogP contribution in [0.25, 0.3) is 22.7 Å². The van der Waals surface area contributed by atoms with Crippen molar-refractivity contribution in [2.24, 2.45) is 13.0 Å². The quantitative estimate of drug-likeness (QED) is 0.732. The standard InChI is InChI=1S/C21H26N4O2/c1-7-8-9-13(2)18-12-17(24-25(18)5)21-23-22-20(27-21)16-10-14(3)19(26-6)15(4)11-16/h7-12,14,19H,1-6H3. The normalized spacial score (nSPS) is 20.9. The number of hydrogen-bond acceptors (Lipinski definition) is 5. The molecule has 2 aromatic heterocycles. The molecule has 0 saturated carbocycles. The van der Waals surface area contributed by atoms with Gasteiger partial charge in [0.05, 0.1) is 11.8 Å². The molecule has 0 aliphatic heterocycles. The Morgan fingerprint density at radius 3 is 2.70 bits per heavy atom. The molecule has 0 fully saturated rings. The Bertz CT molecular complexity index is 943. The van der Waals surface area contributed by atoms with E-state index in [0.717, 1.165) is 22.4 Å². The van der Waals surface area contributed by atoms with Crippen molar-refractivity contribution in [3.05, 3.63) is 53.6 Å². The van der Waals surface area contributed by atoms with Crippen LogP contribution in [0.5, 0.6) is 0 Å². The average molecular weight is 366 g/mol. The fourth-order valence-corrected chi connectivity index (χ4v) is 3.40. The third-order valence-electron chi connectivity index (χ3n) is 4.72. The number of allylic oxidation sites excluding steroid dienone is 6. The fraction of sp³-hybridized carbons (Fsp3) is 0.381. The van der Waals surface area contributed by atoms with E-state index < -0.39 is 0 Å². The van der Waals surface area contributed by atoms with Gasteiger partial charge in [-0.3, -0.25) is 4.68 Å². The highest BCUT2D eigenvalue weighted by Crippen LogP contribution is 2.31. The maximum atomic E-state index is 5.92. The number of methoxy groups -OCH3 is 1. The number of nitrogens with zero attached hydrogens (tertiary/aromatic N) is 4. The van der Waals surface area contributed by atoms with Crippen LogP contribution in [0.1, 0.15) is 39.3 Å². The summed E-state index contributed by atoms with van der Waals surface area (Å²) in [6.45, 7) is 8.21. The smallest absolute Gasteiger partial charge is 0.268 e. The largest absolute Gasteiger partial charge is 0.415 e. The van der Waals surface area contributed by atoms with Crippen molar-refractivity contribution in [3.8, 4) is 11.6 Å². The SMILES string of the molecule is CC=CC=C(C)c1cc(-c2nnc(C3=CC(C)C(OC)C(C)=C3)o2)nn1C. The highest BCUT2D eigenvalue weighted by atomic mass is 16.5. The minimum atomic E-state index is 0.0847. The molecule has 1 aliphatic carbocycles. The minimum absolute atomic E-state index is 0.0847. The van der Waals surface area contributed by atoms with Gasteiger partial charge < -0.3 is 9.15 Å². The monoisotopic (exact) mass is 366 g/mol. The summed E-state index contributed by atoms with van der Waals surface area (Å²) in [5.74, 6) is 1.16. The Labute approximate surface area is 159 Å². The highest BCUT2D eigenvalue weighted by molar-refractivity contribution is 5.72. The molecule has 0 N–H and O–H groups in total. The van der Waals surface area contributed by atoms with Crippen molar-refractivity contribution in [2.75, 3.05) is 7.11 Å². The van der Waals surface area contributed by atoms with Crippen LogP contribution in [0.4, 0.5) is 0 Å². The van der Waals surface area contributed by atoms with Gasteiger partial charge in [0.15, 0.2) is 0 Å². The van der Waals surface area contributed by atoms with E-state index in [4.69, 9.17) is 9.15 Å². The van der Waals surface area contributed by atoms with Gasteiger partial charge in [0.2, 0.25) is 5.89 Å². The molecule has 2 heterocycles. The molecule has 2 unspecified atom stereocenters. The summed E-state index contributed by atoms with van der Waals surface area (Å²) >= 11 is 0. The zero-order valence-corrected chi connectivity index (χ0v) is 16.7. The van der Waals surface area contributed by atoms with Crippen LogP contribution in [0, 0.1) is 5.92 Å². The van der Waals surface area contributed by atoms with E-state index in [9.17, 15) is 0 Å². The van der Waals surface area contributed by atoms with Crippen LogP contribution < -0.4 is 0 Å². The van der Waals surface area contributed by atoms with Crippen LogP contribution in [-0.2, 0) is 11.8 Å². The molecule has 0 spiro atoms. The lowest BCUT2D eigenvalue weighted by Gasteiger charge is -2.25. The second kappa shape index (κ2) is 7.88. The third-order valence-corrected chi connectivity index (χ3v) is 4.72. The number of hydrogen-bond donors (Lipinski definition) is 0. The van der Waals surface area contributed by atoms with Crippen molar-refractivity contribution < 1.29 is 9.15 Å². The zero-order chi connectivity index (χ0) is 19.6. The van der Waals surface area contributed by atoms with Crippen molar-refractivity contribution >= 4 is 11.1 Å². The molecular formula is C21H26N4O2. The number of ether oxygens (including phenoxy) is 1. The van der Waals surface area contributed by atoms with E-state index >= 15 is 0 Å². The van der Waals surface area contributed by atoms with E-state index in [1.54, 1.807) is 7.11 Å². The first kappa shape index (κ1) is 19.0. The second-order valence-electron chi connectivity index (χ2n) is 6.85. The molecule has 3 rings (SSSR count). The molecule has 0 bridgehead atoms. The number of aryl methyl sites for hydroxylation is 1. The molecule has 0 saturated heterocycles. The van der Waals surface area contributed by atoms with Crippen LogP contribution in [-0.4, -0.2) is 33.2 Å². The molecule has 2 aromatic rings. The van der Waals surface area contributed by atoms with Gasteiger partial charge in [0.1, 0.15) is 5.69 Å². The predicted molar refractivity (Wildman–Crippen MR) is 107 cm³/mol. The maximum Gasteiger partial charge on any atom is 0.268 e. The second-order valence-corrected chi connectivity index (χ2v) is 6.85. The summed E-state index contributed by atoms with van der Waals surface area (Å²) < 4.78 is 13.3. The van der Waals surface area contributed by atoms with E-state index in [-0.39, 0.29) is 12.0 Å². The molecule has 27 heavy (non-hydrogen) atoms. The first-order valence-electron chi connectivity index (χ1n) is 9.05. The molecule has 6 heteroatoms. The average Bonchev–Trinajstić information content (AvgIpc) is 3.26. The van der Waals surface area contributed by atoms with Crippen LogP contribution >= 0.6 is 0 Å². The van der Waals surface area contributed by atoms with Gasteiger partial charge >= 0.3 is 0 Å². The maximum absolute atomic E-state index is 5.92. The lowest BCUT2D eigenvalue weighted by Crippen LogP contribution is -2.23. The first-order chi connectivity index (χ1) is 12.9. The minimum Gasteiger partial charge on any atom is -0.415 e. The van der Waals surface area contributed by atoms with E-state index in [2.05, 4.69) is 35.2 Å². The molecule has 1 aliphatic rings. The van der Waals surface area contributed by atoms with Gasteiger partial charge in [-0.2, -0.15) is 5.10 Å². The van der Waals surface area contributed by atoms with Crippen molar-refractivity contribution in [3.63, 3.8) is 0 Å². The first-order valence-corrected chi connectivity index (χ1v) is 9.05. The molecule has 0 aromatic carbocycles. The molecule has 0 radical (unpaired) electrons. The zero-order valence-electron chi connectivity index (χ0n) is 16.7. The Hall–Kier alpha value is -2.73. The van der Waals surface area contributed by atoms with Crippen molar-refractivity contribution in [1.82, 2.24) is 20.0 Å². The summed E-state index contributed by atoms with van der Waals surface area (Å²) in [7, 11) is 3.64. The number of rotatable bonds is 5. The van der Waals surface area contributed by atoms with E-state index in [1.165, 1.54) is 0 Å². The van der Waals surface area contributed by atoms with Gasteiger partial charge in [-0.05, 0) is 44.1 Å². The summed E-state index contributed by atoms with van der Waals surface area (Å²) in [5.41, 5.74) is 4.85. The number of aromatic nitrogens is 4. The van der Waals surface area contributed by atoms with Gasteiger partial charge in [0.25, 0.3) is 5.89 Å². The van der Waals surface area contributed by atoms with Crippen LogP contribution in [0.15, 0.2) is 46.4 Å². The van der Waals surface area contributed by atoms with Gasteiger partial charge in [-0.1, -0.05) is 31.2 Å². The Morgan fingerprint density at radius 1 is 1.30 bits per heavy atom. The lowest BCUT2D eigenvalue weighted by molar-refractivity contribution is 0.102. The lowest BCUT2D eigenvalue weighted by atomic mass is 9.89. The summed E-state index contributed by atoms with van der Waals surface area (Å²) in [5, 5.41) is 12.9. The van der Waals surface area contributed by atoms with Crippen LogP contribution in [0.3, 0.4) is 0 Å². The molecular weight excluding hydrogens is 340 g/mol. The molecule has 2 atom stereocenters. The Morgan fingerprint density at radius 2 is 2.04 bits per heavy atom. The van der Waals surface area contributed by atoms with Gasteiger partial charge in [-0.25, -0.2) is 0 Å². The van der Waals surface area contributed by atoms with Crippen molar-refractivity contribution in [1.29, 1.82) is 0 Å². The fourth-order valence-electron chi connectivity index (χ4n) is 3.40. The molecule has 0 amide bonds. The molecule has 142 valence electrons. The van der Waals surface area contributed by atoms with Gasteiger partial charge in [-0.15, -0.1) is 10.2 Å². The molecule has 6 nitrogen and oxygen atoms in total. The third kappa shape index (κ3) is 3.85. The summed E-state index contributed by atoms with van der Waals surface area (Å²) in [6, 6.07) is 1.96.